The van der Waals surface area contributed by atoms with Gasteiger partial charge in [-0.3, -0.25) is 9.69 Å². The van der Waals surface area contributed by atoms with Gasteiger partial charge in [-0.15, -0.1) is 11.3 Å². The van der Waals surface area contributed by atoms with E-state index in [4.69, 9.17) is 4.98 Å². The Morgan fingerprint density at radius 2 is 1.96 bits per heavy atom. The molecule has 4 rings (SSSR count). The summed E-state index contributed by atoms with van der Waals surface area (Å²) >= 11 is 1.75. The van der Waals surface area contributed by atoms with E-state index in [9.17, 15) is 4.79 Å². The summed E-state index contributed by atoms with van der Waals surface area (Å²) in [6.07, 6.45) is 2.19. The number of thiazole rings is 1. The van der Waals surface area contributed by atoms with E-state index in [0.29, 0.717) is 6.54 Å². The Morgan fingerprint density at radius 3 is 2.76 bits per heavy atom. The normalized spacial score (nSPS) is 17.9. The van der Waals surface area contributed by atoms with Crippen molar-refractivity contribution in [1.29, 1.82) is 0 Å². The molecule has 2 heterocycles. The van der Waals surface area contributed by atoms with Crippen molar-refractivity contribution in [2.45, 2.75) is 18.9 Å². The van der Waals surface area contributed by atoms with Gasteiger partial charge in [0, 0.05) is 12.7 Å². The van der Waals surface area contributed by atoms with Crippen molar-refractivity contribution in [2.24, 2.45) is 0 Å². The second-order valence-electron chi connectivity index (χ2n) is 6.44. The van der Waals surface area contributed by atoms with Crippen LogP contribution in [0.15, 0.2) is 54.6 Å². The van der Waals surface area contributed by atoms with Gasteiger partial charge in [-0.25, -0.2) is 4.98 Å². The van der Waals surface area contributed by atoms with Crippen molar-refractivity contribution < 1.29 is 4.79 Å². The number of likely N-dealkylation sites (N-methyl/N-ethyl adjacent to an activating group) is 1. The molecule has 3 aromatic rings. The van der Waals surface area contributed by atoms with Gasteiger partial charge in [0.2, 0.25) is 5.91 Å². The number of carbonyl (C=O) groups is 1. The first-order chi connectivity index (χ1) is 12.2. The second kappa shape index (κ2) is 6.94. The number of amides is 1. The van der Waals surface area contributed by atoms with Gasteiger partial charge in [0.25, 0.3) is 0 Å². The molecule has 0 aliphatic carbocycles. The fourth-order valence-electron chi connectivity index (χ4n) is 3.40. The number of carbonyl (C=O) groups excluding carboxylic acids is 1. The number of fused-ring (bicyclic) bond motifs is 1. The fraction of sp³-hybridized carbons (Fsp3) is 0.300. The van der Waals surface area contributed by atoms with E-state index in [-0.39, 0.29) is 11.9 Å². The molecular formula is C20H21N3OS. The first-order valence-corrected chi connectivity index (χ1v) is 9.45. The quantitative estimate of drug-likeness (QED) is 0.710. The van der Waals surface area contributed by atoms with Crippen LogP contribution in [0.5, 0.6) is 0 Å². The highest BCUT2D eigenvalue weighted by Gasteiger charge is 2.30. The van der Waals surface area contributed by atoms with Gasteiger partial charge in [0.15, 0.2) is 0 Å². The van der Waals surface area contributed by atoms with Crippen LogP contribution in [0, 0.1) is 0 Å². The average molecular weight is 351 g/mol. The van der Waals surface area contributed by atoms with Gasteiger partial charge >= 0.3 is 0 Å². The SMILES string of the molecule is CN(C(=O)CN1CCC[C@@H]1c1nc2ccccc2s1)c1ccccc1. The molecule has 0 N–H and O–H groups in total. The number of hydrogen-bond acceptors (Lipinski definition) is 4. The summed E-state index contributed by atoms with van der Waals surface area (Å²) in [7, 11) is 1.85. The van der Waals surface area contributed by atoms with Gasteiger partial charge < -0.3 is 4.90 Å². The molecule has 1 aliphatic heterocycles. The van der Waals surface area contributed by atoms with E-state index in [2.05, 4.69) is 23.1 Å². The number of para-hydroxylation sites is 2. The second-order valence-corrected chi connectivity index (χ2v) is 7.50. The van der Waals surface area contributed by atoms with Crippen LogP contribution in [0.2, 0.25) is 0 Å². The highest BCUT2D eigenvalue weighted by atomic mass is 32.1. The monoisotopic (exact) mass is 351 g/mol. The first-order valence-electron chi connectivity index (χ1n) is 8.63. The largest absolute Gasteiger partial charge is 0.314 e. The zero-order valence-corrected chi connectivity index (χ0v) is 15.1. The maximum Gasteiger partial charge on any atom is 0.240 e. The molecule has 0 bridgehead atoms. The standard InChI is InChI=1S/C20H21N3OS/c1-22(15-8-3-2-4-9-15)19(24)14-23-13-7-11-17(23)20-21-16-10-5-6-12-18(16)25-20/h2-6,8-10,12,17H,7,11,13-14H2,1H3/t17-/m1/s1. The molecular weight excluding hydrogens is 330 g/mol. The molecule has 1 saturated heterocycles. The summed E-state index contributed by atoms with van der Waals surface area (Å²) < 4.78 is 1.22. The third-order valence-corrected chi connectivity index (χ3v) is 5.95. The highest BCUT2D eigenvalue weighted by Crippen LogP contribution is 2.36. The molecule has 1 amide bonds. The molecule has 0 unspecified atom stereocenters. The third kappa shape index (κ3) is 3.30. The van der Waals surface area contributed by atoms with Crippen LogP contribution < -0.4 is 4.90 Å². The molecule has 4 nitrogen and oxygen atoms in total. The van der Waals surface area contributed by atoms with E-state index < -0.39 is 0 Å². The number of likely N-dealkylation sites (tertiary alicyclic amines) is 1. The van der Waals surface area contributed by atoms with Crippen molar-refractivity contribution in [1.82, 2.24) is 9.88 Å². The minimum absolute atomic E-state index is 0.124. The molecule has 2 aromatic carbocycles. The lowest BCUT2D eigenvalue weighted by Crippen LogP contribution is -2.38. The van der Waals surface area contributed by atoms with Gasteiger partial charge in [-0.05, 0) is 43.7 Å². The lowest BCUT2D eigenvalue weighted by Gasteiger charge is -2.25. The van der Waals surface area contributed by atoms with Gasteiger partial charge in [-0.2, -0.15) is 0 Å². The van der Waals surface area contributed by atoms with Gasteiger partial charge in [-0.1, -0.05) is 30.3 Å². The van der Waals surface area contributed by atoms with Crippen LogP contribution in [0.25, 0.3) is 10.2 Å². The summed E-state index contributed by atoms with van der Waals surface area (Å²) in [4.78, 5) is 21.5. The molecule has 0 radical (unpaired) electrons. The van der Waals surface area contributed by atoms with Crippen molar-refractivity contribution in [3.63, 3.8) is 0 Å². The Kier molecular flexibility index (Phi) is 4.51. The van der Waals surface area contributed by atoms with Crippen LogP contribution in [-0.2, 0) is 4.79 Å². The molecule has 0 saturated carbocycles. The van der Waals surface area contributed by atoms with Crippen molar-refractivity contribution in [2.75, 3.05) is 25.0 Å². The van der Waals surface area contributed by atoms with Crippen molar-refractivity contribution in [3.8, 4) is 0 Å². The first kappa shape index (κ1) is 16.2. The zero-order valence-electron chi connectivity index (χ0n) is 14.3. The van der Waals surface area contributed by atoms with Gasteiger partial charge in [0.1, 0.15) is 5.01 Å². The molecule has 1 aromatic heterocycles. The number of anilines is 1. The number of hydrogen-bond donors (Lipinski definition) is 0. The number of aromatic nitrogens is 1. The Morgan fingerprint density at radius 1 is 1.20 bits per heavy atom. The lowest BCUT2D eigenvalue weighted by atomic mass is 10.2. The minimum Gasteiger partial charge on any atom is -0.314 e. The predicted octanol–water partition coefficient (Wildman–Crippen LogP) is 4.10. The van der Waals surface area contributed by atoms with Crippen LogP contribution in [0.4, 0.5) is 5.69 Å². The van der Waals surface area contributed by atoms with E-state index in [1.165, 1.54) is 4.70 Å². The van der Waals surface area contributed by atoms with Crippen LogP contribution >= 0.6 is 11.3 Å². The minimum atomic E-state index is 0.124. The molecule has 25 heavy (non-hydrogen) atoms. The maximum atomic E-state index is 12.7. The van der Waals surface area contributed by atoms with E-state index in [0.717, 1.165) is 35.6 Å². The van der Waals surface area contributed by atoms with E-state index >= 15 is 0 Å². The fourth-order valence-corrected chi connectivity index (χ4v) is 4.54. The summed E-state index contributed by atoms with van der Waals surface area (Å²) in [6, 6.07) is 18.3. The molecule has 128 valence electrons. The molecule has 5 heteroatoms. The lowest BCUT2D eigenvalue weighted by molar-refractivity contribution is -0.119. The molecule has 1 aliphatic rings. The Hall–Kier alpha value is -2.24. The molecule has 0 spiro atoms. The predicted molar refractivity (Wildman–Crippen MR) is 103 cm³/mol. The van der Waals surface area contributed by atoms with Crippen LogP contribution in [0.3, 0.4) is 0 Å². The van der Waals surface area contributed by atoms with Crippen LogP contribution in [0.1, 0.15) is 23.9 Å². The van der Waals surface area contributed by atoms with E-state index in [1.807, 2.05) is 43.4 Å². The molecule has 1 fully saturated rings. The van der Waals surface area contributed by atoms with Crippen molar-refractivity contribution in [3.05, 3.63) is 59.6 Å². The Bertz CT molecular complexity index is 844. The summed E-state index contributed by atoms with van der Waals surface area (Å²) in [5.41, 5.74) is 1.99. The smallest absolute Gasteiger partial charge is 0.240 e. The van der Waals surface area contributed by atoms with Crippen molar-refractivity contribution >= 4 is 33.1 Å². The summed E-state index contributed by atoms with van der Waals surface area (Å²) in [5.74, 6) is 0.124. The average Bonchev–Trinajstić information content (AvgIpc) is 3.27. The maximum absolute atomic E-state index is 12.7. The Labute approximate surface area is 151 Å². The highest BCUT2D eigenvalue weighted by molar-refractivity contribution is 7.18. The number of benzene rings is 2. The summed E-state index contributed by atoms with van der Waals surface area (Å²) in [6.45, 7) is 1.39. The van der Waals surface area contributed by atoms with E-state index in [1.54, 1.807) is 16.2 Å². The van der Waals surface area contributed by atoms with Crippen LogP contribution in [-0.4, -0.2) is 35.9 Å². The summed E-state index contributed by atoms with van der Waals surface area (Å²) in [5, 5.41) is 1.13. The number of rotatable bonds is 4. The van der Waals surface area contributed by atoms with Gasteiger partial charge in [0.05, 0.1) is 22.8 Å². The topological polar surface area (TPSA) is 36.4 Å². The number of nitrogens with zero attached hydrogens (tertiary/aromatic N) is 3. The zero-order chi connectivity index (χ0) is 17.2. The Balaban J connectivity index is 1.50. The molecule has 1 atom stereocenters. The third-order valence-electron chi connectivity index (χ3n) is 4.82.